The fraction of sp³-hybridized carbons (Fsp3) is 0.273. The van der Waals surface area contributed by atoms with Crippen molar-refractivity contribution < 1.29 is 19.0 Å². The summed E-state index contributed by atoms with van der Waals surface area (Å²) in [7, 11) is 0. The topological polar surface area (TPSA) is 73.6 Å². The van der Waals surface area contributed by atoms with Crippen molar-refractivity contribution in [3.05, 3.63) is 76.1 Å². The summed E-state index contributed by atoms with van der Waals surface area (Å²) < 4.78 is 18.7. The third kappa shape index (κ3) is 3.28. The lowest BCUT2D eigenvalue weighted by Gasteiger charge is -2.38. The van der Waals surface area contributed by atoms with E-state index in [4.69, 9.17) is 4.74 Å². The molecule has 2 aliphatic rings. The standard InChI is InChI=1S/C22H19FN2O3S/c1-2-28-17-9-5-15(6-10-17)22(27)13-29-21-19(12-24)18(11-20(26)25(21)22)14-3-7-16(23)8-4-14/h3-10,18,27H,2,11,13H2,1H3/t18-,22+/m0/s1. The first-order chi connectivity index (χ1) is 14.0. The molecule has 2 aromatic rings. The maximum Gasteiger partial charge on any atom is 0.231 e. The van der Waals surface area contributed by atoms with Crippen molar-refractivity contribution in [2.75, 3.05) is 12.4 Å². The number of amides is 1. The predicted octanol–water partition coefficient (Wildman–Crippen LogP) is 3.87. The molecule has 1 fully saturated rings. The lowest BCUT2D eigenvalue weighted by molar-refractivity contribution is -0.149. The fourth-order valence-corrected chi connectivity index (χ4v) is 5.16. The van der Waals surface area contributed by atoms with E-state index in [0.29, 0.717) is 34.1 Å². The summed E-state index contributed by atoms with van der Waals surface area (Å²) in [5.41, 5.74) is 0.162. The molecule has 1 N–H and O–H groups in total. The second kappa shape index (κ2) is 7.54. The van der Waals surface area contributed by atoms with E-state index in [1.807, 2.05) is 6.92 Å². The molecule has 0 saturated carbocycles. The lowest BCUT2D eigenvalue weighted by atomic mass is 9.85. The van der Waals surface area contributed by atoms with Crippen LogP contribution in [0.3, 0.4) is 0 Å². The highest BCUT2D eigenvalue weighted by Crippen LogP contribution is 2.51. The molecule has 0 radical (unpaired) electrons. The molecular weight excluding hydrogens is 391 g/mol. The van der Waals surface area contributed by atoms with Crippen molar-refractivity contribution >= 4 is 17.7 Å². The Morgan fingerprint density at radius 3 is 2.59 bits per heavy atom. The second-order valence-electron chi connectivity index (χ2n) is 6.93. The number of halogens is 1. The molecular formula is C22H19FN2O3S. The molecule has 0 spiro atoms. The number of hydrogen-bond donors (Lipinski definition) is 1. The first kappa shape index (κ1) is 19.5. The molecule has 0 bridgehead atoms. The van der Waals surface area contributed by atoms with Crippen LogP contribution in [0, 0.1) is 17.1 Å². The summed E-state index contributed by atoms with van der Waals surface area (Å²) in [6, 6.07) is 15.0. The van der Waals surface area contributed by atoms with E-state index in [1.54, 1.807) is 36.4 Å². The number of hydrogen-bond acceptors (Lipinski definition) is 5. The number of fused-ring (bicyclic) bond motifs is 1. The van der Waals surface area contributed by atoms with Crippen LogP contribution in [-0.2, 0) is 10.5 Å². The number of carbonyl (C=O) groups excluding carboxylic acids is 1. The Kier molecular flexibility index (Phi) is 5.07. The third-order valence-corrected chi connectivity index (χ3v) is 6.43. The van der Waals surface area contributed by atoms with Crippen molar-refractivity contribution in [1.82, 2.24) is 4.90 Å². The summed E-state index contributed by atoms with van der Waals surface area (Å²) in [6.45, 7) is 2.42. The lowest BCUT2D eigenvalue weighted by Crippen LogP contribution is -2.48. The fourth-order valence-electron chi connectivity index (χ4n) is 3.80. The van der Waals surface area contributed by atoms with Crippen molar-refractivity contribution in [1.29, 1.82) is 5.26 Å². The summed E-state index contributed by atoms with van der Waals surface area (Å²) in [5.74, 6) is -0.183. The van der Waals surface area contributed by atoms with Crippen molar-refractivity contribution in [3.63, 3.8) is 0 Å². The smallest absolute Gasteiger partial charge is 0.231 e. The van der Waals surface area contributed by atoms with Gasteiger partial charge in [0.15, 0.2) is 5.72 Å². The quantitative estimate of drug-likeness (QED) is 0.828. The van der Waals surface area contributed by atoms with Gasteiger partial charge >= 0.3 is 0 Å². The summed E-state index contributed by atoms with van der Waals surface area (Å²) in [4.78, 5) is 14.4. The van der Waals surface area contributed by atoms with Gasteiger partial charge < -0.3 is 9.84 Å². The average molecular weight is 410 g/mol. The summed E-state index contributed by atoms with van der Waals surface area (Å²) in [5, 5.41) is 21.7. The van der Waals surface area contributed by atoms with Crippen LogP contribution in [0.5, 0.6) is 5.75 Å². The number of benzene rings is 2. The van der Waals surface area contributed by atoms with Crippen molar-refractivity contribution in [2.24, 2.45) is 0 Å². The molecule has 1 saturated heterocycles. The van der Waals surface area contributed by atoms with Gasteiger partial charge in [-0.2, -0.15) is 5.26 Å². The Morgan fingerprint density at radius 2 is 1.97 bits per heavy atom. The second-order valence-corrected chi connectivity index (χ2v) is 7.89. The molecule has 2 aliphatic heterocycles. The van der Waals surface area contributed by atoms with Crippen LogP contribution in [-0.4, -0.2) is 28.3 Å². The van der Waals surface area contributed by atoms with Crippen LogP contribution in [0.25, 0.3) is 0 Å². The van der Waals surface area contributed by atoms with E-state index in [1.165, 1.54) is 28.8 Å². The molecule has 2 heterocycles. The number of aliphatic hydroxyl groups is 1. The molecule has 0 unspecified atom stereocenters. The Hall–Kier alpha value is -2.82. The van der Waals surface area contributed by atoms with Crippen LogP contribution < -0.4 is 4.74 Å². The number of ether oxygens (including phenoxy) is 1. The van der Waals surface area contributed by atoms with E-state index >= 15 is 0 Å². The van der Waals surface area contributed by atoms with Gasteiger partial charge in [-0.3, -0.25) is 9.69 Å². The number of thioether (sulfide) groups is 1. The zero-order valence-electron chi connectivity index (χ0n) is 15.8. The molecule has 29 heavy (non-hydrogen) atoms. The number of nitrogens with zero attached hydrogens (tertiary/aromatic N) is 2. The highest BCUT2D eigenvalue weighted by molar-refractivity contribution is 8.03. The Labute approximate surface area is 172 Å². The molecule has 0 aliphatic carbocycles. The minimum Gasteiger partial charge on any atom is -0.494 e. The number of nitriles is 1. The van der Waals surface area contributed by atoms with E-state index in [2.05, 4.69) is 6.07 Å². The highest BCUT2D eigenvalue weighted by Gasteiger charge is 2.51. The minimum absolute atomic E-state index is 0.0396. The Morgan fingerprint density at radius 1 is 1.28 bits per heavy atom. The van der Waals surface area contributed by atoms with Gasteiger partial charge in [0, 0.05) is 17.9 Å². The largest absolute Gasteiger partial charge is 0.494 e. The zero-order valence-corrected chi connectivity index (χ0v) is 16.6. The van der Waals surface area contributed by atoms with E-state index < -0.39 is 11.6 Å². The molecule has 5 nitrogen and oxygen atoms in total. The maximum absolute atomic E-state index is 13.3. The molecule has 1 amide bonds. The monoisotopic (exact) mass is 410 g/mol. The van der Waals surface area contributed by atoms with E-state index in [9.17, 15) is 19.6 Å². The van der Waals surface area contributed by atoms with Gasteiger partial charge in [-0.15, -0.1) is 11.8 Å². The molecule has 148 valence electrons. The van der Waals surface area contributed by atoms with Gasteiger partial charge in [-0.1, -0.05) is 24.3 Å². The summed E-state index contributed by atoms with van der Waals surface area (Å²) >= 11 is 1.29. The molecule has 0 aromatic heterocycles. The van der Waals surface area contributed by atoms with Crippen LogP contribution in [0.4, 0.5) is 4.39 Å². The molecule has 4 rings (SSSR count). The summed E-state index contributed by atoms with van der Waals surface area (Å²) in [6.07, 6.45) is 0.0396. The molecule has 2 aromatic carbocycles. The maximum atomic E-state index is 13.3. The zero-order chi connectivity index (χ0) is 20.6. The van der Waals surface area contributed by atoms with Crippen molar-refractivity contribution in [3.8, 4) is 11.8 Å². The van der Waals surface area contributed by atoms with Gasteiger partial charge in [0.2, 0.25) is 5.91 Å². The van der Waals surface area contributed by atoms with Gasteiger partial charge in [-0.25, -0.2) is 4.39 Å². The SMILES string of the molecule is CCOc1ccc([C@]2(O)CSC3=C(C#N)[C@H](c4ccc(F)cc4)CC(=O)N32)cc1. The third-order valence-electron chi connectivity index (χ3n) is 5.21. The van der Waals surface area contributed by atoms with Crippen LogP contribution in [0.15, 0.2) is 59.1 Å². The first-order valence-corrected chi connectivity index (χ1v) is 10.3. The number of carbonyl (C=O) groups is 1. The van der Waals surface area contributed by atoms with Crippen LogP contribution in [0.2, 0.25) is 0 Å². The van der Waals surface area contributed by atoms with Gasteiger partial charge in [-0.05, 0) is 36.8 Å². The van der Waals surface area contributed by atoms with Crippen LogP contribution >= 0.6 is 11.8 Å². The van der Waals surface area contributed by atoms with Gasteiger partial charge in [0.05, 0.1) is 29.0 Å². The van der Waals surface area contributed by atoms with E-state index in [0.717, 1.165) is 0 Å². The molecule has 7 heteroatoms. The van der Waals surface area contributed by atoms with Gasteiger partial charge in [0.1, 0.15) is 11.6 Å². The first-order valence-electron chi connectivity index (χ1n) is 9.29. The van der Waals surface area contributed by atoms with Crippen molar-refractivity contribution in [2.45, 2.75) is 25.0 Å². The average Bonchev–Trinajstić information content (AvgIpc) is 3.08. The highest BCUT2D eigenvalue weighted by atomic mass is 32.2. The van der Waals surface area contributed by atoms with Crippen LogP contribution in [0.1, 0.15) is 30.4 Å². The van der Waals surface area contributed by atoms with E-state index in [-0.39, 0.29) is 23.9 Å². The number of rotatable bonds is 4. The number of allylic oxidation sites excluding steroid dienone is 1. The normalized spacial score (nSPS) is 23.7. The Bertz CT molecular complexity index is 1010. The molecule has 2 atom stereocenters. The Balaban J connectivity index is 1.73. The minimum atomic E-state index is -1.53. The predicted molar refractivity (Wildman–Crippen MR) is 107 cm³/mol. The van der Waals surface area contributed by atoms with Gasteiger partial charge in [0.25, 0.3) is 0 Å².